The van der Waals surface area contributed by atoms with E-state index in [1.54, 1.807) is 20.8 Å². The van der Waals surface area contributed by atoms with Crippen molar-refractivity contribution < 1.29 is 29.2 Å². The van der Waals surface area contributed by atoms with Crippen LogP contribution in [0.4, 0.5) is 0 Å². The molecule has 0 rings (SSSR count). The van der Waals surface area contributed by atoms with Gasteiger partial charge in [0.25, 0.3) is 5.79 Å². The molecular weight excluding hydrogens is 252 g/mol. The van der Waals surface area contributed by atoms with Crippen LogP contribution in [0.2, 0.25) is 0 Å². The van der Waals surface area contributed by atoms with Crippen LogP contribution in [0.3, 0.4) is 0 Å². The molecular formula is C13H28O6. The van der Waals surface area contributed by atoms with Gasteiger partial charge < -0.3 is 29.2 Å². The maximum Gasteiger partial charge on any atom is 0.340 e. The molecule has 1 atom stereocenters. The minimum Gasteiger partial charge on any atom is -0.376 e. The van der Waals surface area contributed by atoms with Crippen LogP contribution in [0.1, 0.15) is 40.5 Å². The van der Waals surface area contributed by atoms with E-state index in [4.69, 9.17) is 18.9 Å². The molecule has 1 unspecified atom stereocenters. The Kier molecular flexibility index (Phi) is 9.51. The first kappa shape index (κ1) is 18.8. The molecule has 19 heavy (non-hydrogen) atoms. The summed E-state index contributed by atoms with van der Waals surface area (Å²) in [7, 11) is 0. The van der Waals surface area contributed by atoms with Crippen molar-refractivity contribution in [1.29, 1.82) is 0 Å². The minimum atomic E-state index is -2.24. The van der Waals surface area contributed by atoms with E-state index in [0.29, 0.717) is 6.61 Å². The summed E-state index contributed by atoms with van der Waals surface area (Å²) in [5.41, 5.74) is 0. The molecule has 6 heteroatoms. The van der Waals surface area contributed by atoms with E-state index < -0.39 is 11.8 Å². The van der Waals surface area contributed by atoms with E-state index in [0.717, 1.165) is 12.8 Å². The zero-order chi connectivity index (χ0) is 14.8. The van der Waals surface area contributed by atoms with Crippen LogP contribution in [-0.2, 0) is 18.9 Å². The Bertz CT molecular complexity index is 217. The van der Waals surface area contributed by atoms with Gasteiger partial charge in [0, 0.05) is 26.4 Å². The molecule has 0 aromatic rings. The molecule has 0 saturated heterocycles. The third-order valence-electron chi connectivity index (χ3n) is 2.50. The molecule has 2 N–H and O–H groups in total. The lowest BCUT2D eigenvalue weighted by Gasteiger charge is -2.40. The molecule has 116 valence electrons. The van der Waals surface area contributed by atoms with Crippen LogP contribution in [0.15, 0.2) is 0 Å². The summed E-state index contributed by atoms with van der Waals surface area (Å²) in [4.78, 5) is 0. The standard InChI is InChI=1S/C13H28O6/c1-5-9-10-16-11-12(14,17-6-2)13(15,18-7-3)19-8-4/h14-15H,5-11H2,1-4H3. The molecule has 0 aromatic carbocycles. The summed E-state index contributed by atoms with van der Waals surface area (Å²) in [6.07, 6.45) is 1.85. The van der Waals surface area contributed by atoms with Gasteiger partial charge in [-0.05, 0) is 27.2 Å². The summed E-state index contributed by atoms with van der Waals surface area (Å²) < 4.78 is 20.8. The van der Waals surface area contributed by atoms with E-state index in [-0.39, 0.29) is 26.4 Å². The fraction of sp³-hybridized carbons (Fsp3) is 1.00. The highest BCUT2D eigenvalue weighted by Gasteiger charge is 2.54. The second-order valence-electron chi connectivity index (χ2n) is 4.07. The van der Waals surface area contributed by atoms with E-state index in [9.17, 15) is 10.2 Å². The Hall–Kier alpha value is -0.240. The van der Waals surface area contributed by atoms with Crippen molar-refractivity contribution in [3.05, 3.63) is 0 Å². The summed E-state index contributed by atoms with van der Waals surface area (Å²) >= 11 is 0. The third-order valence-corrected chi connectivity index (χ3v) is 2.50. The van der Waals surface area contributed by atoms with Gasteiger partial charge >= 0.3 is 5.97 Å². The van der Waals surface area contributed by atoms with Crippen LogP contribution in [0, 0.1) is 0 Å². The van der Waals surface area contributed by atoms with E-state index in [1.807, 2.05) is 6.92 Å². The normalized spacial score (nSPS) is 15.5. The van der Waals surface area contributed by atoms with Crippen molar-refractivity contribution in [3.63, 3.8) is 0 Å². The molecule has 0 radical (unpaired) electrons. The molecule has 0 bridgehead atoms. The highest BCUT2D eigenvalue weighted by Crippen LogP contribution is 2.27. The number of hydrogen-bond acceptors (Lipinski definition) is 6. The van der Waals surface area contributed by atoms with Crippen molar-refractivity contribution in [2.45, 2.75) is 52.3 Å². The highest BCUT2D eigenvalue weighted by atomic mass is 16.9. The molecule has 0 heterocycles. The van der Waals surface area contributed by atoms with Gasteiger partial charge in [-0.15, -0.1) is 0 Å². The van der Waals surface area contributed by atoms with Crippen molar-refractivity contribution in [2.24, 2.45) is 0 Å². The predicted molar refractivity (Wildman–Crippen MR) is 70.5 cm³/mol. The largest absolute Gasteiger partial charge is 0.376 e. The van der Waals surface area contributed by atoms with Gasteiger partial charge in [-0.1, -0.05) is 13.3 Å². The van der Waals surface area contributed by atoms with Crippen molar-refractivity contribution in [3.8, 4) is 0 Å². The van der Waals surface area contributed by atoms with Crippen molar-refractivity contribution >= 4 is 0 Å². The predicted octanol–water partition coefficient (Wildman–Crippen LogP) is 1.25. The average Bonchev–Trinajstić information content (AvgIpc) is 2.35. The molecule has 0 aromatic heterocycles. The zero-order valence-corrected chi connectivity index (χ0v) is 12.5. The first-order valence-electron chi connectivity index (χ1n) is 6.93. The topological polar surface area (TPSA) is 77.4 Å². The van der Waals surface area contributed by atoms with E-state index in [2.05, 4.69) is 0 Å². The van der Waals surface area contributed by atoms with E-state index >= 15 is 0 Å². The van der Waals surface area contributed by atoms with Gasteiger partial charge in [0.1, 0.15) is 6.61 Å². The van der Waals surface area contributed by atoms with Crippen LogP contribution in [0.5, 0.6) is 0 Å². The molecule has 0 aliphatic rings. The van der Waals surface area contributed by atoms with E-state index in [1.165, 1.54) is 0 Å². The second kappa shape index (κ2) is 9.63. The molecule has 6 nitrogen and oxygen atoms in total. The maximum absolute atomic E-state index is 10.4. The van der Waals surface area contributed by atoms with Gasteiger partial charge in [0.2, 0.25) is 0 Å². The summed E-state index contributed by atoms with van der Waals surface area (Å²) in [6.45, 7) is 7.89. The lowest BCUT2D eigenvalue weighted by molar-refractivity contribution is -0.483. The number of hydrogen-bond donors (Lipinski definition) is 2. The van der Waals surface area contributed by atoms with Crippen LogP contribution >= 0.6 is 0 Å². The smallest absolute Gasteiger partial charge is 0.340 e. The monoisotopic (exact) mass is 280 g/mol. The number of ether oxygens (including phenoxy) is 4. The third kappa shape index (κ3) is 5.72. The Labute approximate surface area is 115 Å². The second-order valence-corrected chi connectivity index (χ2v) is 4.07. The Balaban J connectivity index is 4.76. The van der Waals surface area contributed by atoms with Crippen molar-refractivity contribution in [1.82, 2.24) is 0 Å². The molecule has 0 aliphatic heterocycles. The average molecular weight is 280 g/mol. The summed E-state index contributed by atoms with van der Waals surface area (Å²) in [5, 5.41) is 20.8. The van der Waals surface area contributed by atoms with Crippen molar-refractivity contribution in [2.75, 3.05) is 33.0 Å². The Morgan fingerprint density at radius 2 is 1.37 bits per heavy atom. The fourth-order valence-corrected chi connectivity index (χ4v) is 1.58. The van der Waals surface area contributed by atoms with Crippen LogP contribution < -0.4 is 0 Å². The number of rotatable bonds is 12. The van der Waals surface area contributed by atoms with Crippen LogP contribution in [0.25, 0.3) is 0 Å². The molecule has 0 fully saturated rings. The molecule has 0 saturated carbocycles. The van der Waals surface area contributed by atoms with Gasteiger partial charge in [-0.25, -0.2) is 0 Å². The summed E-state index contributed by atoms with van der Waals surface area (Å²) in [5.74, 6) is -4.29. The van der Waals surface area contributed by atoms with Gasteiger partial charge in [0.05, 0.1) is 0 Å². The molecule has 0 amide bonds. The first-order valence-corrected chi connectivity index (χ1v) is 6.93. The van der Waals surface area contributed by atoms with Crippen LogP contribution in [-0.4, -0.2) is 55.0 Å². The maximum atomic E-state index is 10.4. The van der Waals surface area contributed by atoms with Gasteiger partial charge in [0.15, 0.2) is 0 Å². The Morgan fingerprint density at radius 3 is 1.79 bits per heavy atom. The minimum absolute atomic E-state index is 0.168. The lowest BCUT2D eigenvalue weighted by atomic mass is 10.2. The highest BCUT2D eigenvalue weighted by molar-refractivity contribution is 4.78. The number of unbranched alkanes of at least 4 members (excludes halogenated alkanes) is 1. The fourth-order valence-electron chi connectivity index (χ4n) is 1.58. The quantitative estimate of drug-likeness (QED) is 0.414. The Morgan fingerprint density at radius 1 is 0.842 bits per heavy atom. The molecule has 0 aliphatic carbocycles. The van der Waals surface area contributed by atoms with Gasteiger partial charge in [-0.3, -0.25) is 0 Å². The molecule has 0 spiro atoms. The number of aliphatic hydroxyl groups is 2. The van der Waals surface area contributed by atoms with Gasteiger partial charge in [-0.2, -0.15) is 0 Å². The summed E-state index contributed by atoms with van der Waals surface area (Å²) in [6, 6.07) is 0. The first-order chi connectivity index (χ1) is 8.99. The zero-order valence-electron chi connectivity index (χ0n) is 12.5. The SMILES string of the molecule is CCCCOCC(O)(OCC)C(O)(OCC)OCC. The lowest BCUT2D eigenvalue weighted by Crippen LogP contribution is -2.62.